The highest BCUT2D eigenvalue weighted by molar-refractivity contribution is 7.98. The van der Waals surface area contributed by atoms with E-state index in [1.54, 1.807) is 16.4 Å². The molecular formula is C19H29N5O5S. The average Bonchev–Trinajstić information content (AvgIpc) is 3.29. The van der Waals surface area contributed by atoms with Crippen molar-refractivity contribution in [1.29, 1.82) is 0 Å². The molecule has 166 valence electrons. The third-order valence-corrected chi connectivity index (χ3v) is 5.13. The van der Waals surface area contributed by atoms with Gasteiger partial charge < -0.3 is 10.2 Å². The molecule has 0 saturated carbocycles. The Bertz CT molecular complexity index is 723. The first kappa shape index (κ1) is 23.8. The van der Waals surface area contributed by atoms with Crippen molar-refractivity contribution in [3.63, 3.8) is 0 Å². The number of carbonyl (C=O) groups is 4. The maximum atomic E-state index is 11.7. The highest BCUT2D eigenvalue weighted by Crippen LogP contribution is 2.13. The maximum Gasteiger partial charge on any atom is 0.333 e. The van der Waals surface area contributed by atoms with Crippen molar-refractivity contribution < 1.29 is 24.0 Å². The second kappa shape index (κ2) is 13.0. The van der Waals surface area contributed by atoms with Crippen molar-refractivity contribution >= 4 is 35.5 Å². The predicted octanol–water partition coefficient (Wildman–Crippen LogP) is 1.25. The van der Waals surface area contributed by atoms with Crippen LogP contribution >= 0.6 is 11.8 Å². The van der Waals surface area contributed by atoms with Crippen LogP contribution in [-0.4, -0.2) is 62.3 Å². The number of aryl methyl sites for hydroxylation is 2. The highest BCUT2D eigenvalue weighted by Gasteiger charge is 2.32. The number of aromatic nitrogens is 3. The first-order chi connectivity index (χ1) is 14.5. The lowest BCUT2D eigenvalue weighted by Crippen LogP contribution is -2.31. The van der Waals surface area contributed by atoms with Crippen LogP contribution in [0.5, 0.6) is 0 Å². The zero-order valence-electron chi connectivity index (χ0n) is 17.3. The number of thioether (sulfide) groups is 1. The van der Waals surface area contributed by atoms with Crippen LogP contribution < -0.4 is 5.32 Å². The Morgan fingerprint density at radius 3 is 2.63 bits per heavy atom. The molecule has 1 saturated heterocycles. The van der Waals surface area contributed by atoms with Crippen molar-refractivity contribution in [2.75, 3.05) is 18.6 Å². The van der Waals surface area contributed by atoms with Crippen LogP contribution in [0.15, 0.2) is 6.20 Å². The summed E-state index contributed by atoms with van der Waals surface area (Å²) >= 11 is 1.70. The summed E-state index contributed by atoms with van der Waals surface area (Å²) in [5, 5.41) is 11.7. The van der Waals surface area contributed by atoms with E-state index in [-0.39, 0.29) is 25.2 Å². The maximum absolute atomic E-state index is 11.7. The topological polar surface area (TPSA) is 123 Å². The fraction of sp³-hybridized carbons (Fsp3) is 0.684. The van der Waals surface area contributed by atoms with Gasteiger partial charge in [0, 0.05) is 50.7 Å². The van der Waals surface area contributed by atoms with Gasteiger partial charge in [-0.1, -0.05) is 11.6 Å². The van der Waals surface area contributed by atoms with Gasteiger partial charge in [-0.3, -0.25) is 19.1 Å². The third kappa shape index (κ3) is 8.52. The van der Waals surface area contributed by atoms with E-state index in [1.807, 2.05) is 12.5 Å². The van der Waals surface area contributed by atoms with Gasteiger partial charge >= 0.3 is 5.97 Å². The number of unbranched alkanes of at least 4 members (excludes halogenated alkanes) is 2. The minimum absolute atomic E-state index is 0.0634. The Morgan fingerprint density at radius 1 is 1.13 bits per heavy atom. The van der Waals surface area contributed by atoms with Crippen molar-refractivity contribution in [2.45, 2.75) is 64.3 Å². The smallest absolute Gasteiger partial charge is 0.333 e. The number of hydroxylamine groups is 2. The second-order valence-electron chi connectivity index (χ2n) is 7.03. The van der Waals surface area contributed by atoms with Gasteiger partial charge in [0.25, 0.3) is 11.8 Å². The van der Waals surface area contributed by atoms with Gasteiger partial charge in [0.05, 0.1) is 5.69 Å². The number of nitrogens with zero attached hydrogens (tertiary/aromatic N) is 4. The van der Waals surface area contributed by atoms with Gasteiger partial charge in [-0.2, -0.15) is 11.8 Å². The Labute approximate surface area is 180 Å². The second-order valence-corrected chi connectivity index (χ2v) is 8.01. The van der Waals surface area contributed by atoms with E-state index in [9.17, 15) is 19.2 Å². The summed E-state index contributed by atoms with van der Waals surface area (Å²) in [5.41, 5.74) is 0.857. The molecule has 1 aromatic heterocycles. The number of hydrogen-bond acceptors (Lipinski definition) is 8. The molecule has 0 atom stereocenters. The molecule has 2 rings (SSSR count). The Morgan fingerprint density at radius 2 is 1.90 bits per heavy atom. The third-order valence-electron chi connectivity index (χ3n) is 4.52. The van der Waals surface area contributed by atoms with E-state index in [0.717, 1.165) is 30.7 Å². The predicted molar refractivity (Wildman–Crippen MR) is 110 cm³/mol. The first-order valence-electron chi connectivity index (χ1n) is 10.2. The van der Waals surface area contributed by atoms with Gasteiger partial charge in [0.2, 0.25) is 5.91 Å². The van der Waals surface area contributed by atoms with Crippen LogP contribution in [0.25, 0.3) is 0 Å². The minimum Gasteiger partial charge on any atom is -0.355 e. The van der Waals surface area contributed by atoms with Crippen molar-refractivity contribution in [2.24, 2.45) is 0 Å². The molecule has 0 aromatic carbocycles. The monoisotopic (exact) mass is 439 g/mol. The molecule has 30 heavy (non-hydrogen) atoms. The van der Waals surface area contributed by atoms with Crippen molar-refractivity contribution in [3.8, 4) is 0 Å². The van der Waals surface area contributed by atoms with Crippen LogP contribution in [0, 0.1) is 0 Å². The van der Waals surface area contributed by atoms with Crippen LogP contribution in [0.1, 0.15) is 57.1 Å². The number of amides is 3. The molecule has 1 aliphatic heterocycles. The van der Waals surface area contributed by atoms with Gasteiger partial charge in [-0.15, -0.1) is 10.2 Å². The summed E-state index contributed by atoms with van der Waals surface area (Å²) in [5.74, 6) is -0.523. The summed E-state index contributed by atoms with van der Waals surface area (Å²) in [6.07, 6.45) is 8.33. The van der Waals surface area contributed by atoms with Gasteiger partial charge in [-0.05, 0) is 31.9 Å². The molecule has 1 aliphatic rings. The number of rotatable bonds is 14. The normalized spacial score (nSPS) is 13.7. The molecule has 10 nitrogen and oxygen atoms in total. The summed E-state index contributed by atoms with van der Waals surface area (Å²) in [4.78, 5) is 51.0. The molecule has 1 fully saturated rings. The lowest BCUT2D eigenvalue weighted by atomic mass is 10.2. The molecule has 2 heterocycles. The van der Waals surface area contributed by atoms with Gasteiger partial charge in [0.1, 0.15) is 0 Å². The quantitative estimate of drug-likeness (QED) is 0.339. The number of hydrogen-bond donors (Lipinski definition) is 1. The SMILES string of the molecule is CSCCNC(=O)CCCc1cn(CCCCCC(=O)ON2C(=O)CCC2=O)nn1. The fourth-order valence-electron chi connectivity index (χ4n) is 2.90. The molecule has 0 spiro atoms. The molecule has 1 N–H and O–H groups in total. The zero-order valence-corrected chi connectivity index (χ0v) is 18.1. The first-order valence-corrected chi connectivity index (χ1v) is 11.6. The molecule has 0 bridgehead atoms. The van der Waals surface area contributed by atoms with Crippen LogP contribution in [0.2, 0.25) is 0 Å². The fourth-order valence-corrected chi connectivity index (χ4v) is 3.20. The van der Waals surface area contributed by atoms with E-state index >= 15 is 0 Å². The Balaban J connectivity index is 1.53. The van der Waals surface area contributed by atoms with Crippen LogP contribution in [0.4, 0.5) is 0 Å². The van der Waals surface area contributed by atoms with E-state index in [2.05, 4.69) is 15.6 Å². The molecule has 0 aliphatic carbocycles. The van der Waals surface area contributed by atoms with E-state index in [4.69, 9.17) is 4.84 Å². The van der Waals surface area contributed by atoms with Crippen molar-refractivity contribution in [3.05, 3.63) is 11.9 Å². The lowest BCUT2D eigenvalue weighted by Gasteiger charge is -2.12. The van der Waals surface area contributed by atoms with Crippen LogP contribution in [0.3, 0.4) is 0 Å². The van der Waals surface area contributed by atoms with Gasteiger partial charge in [-0.25, -0.2) is 4.79 Å². The van der Waals surface area contributed by atoms with E-state index in [1.165, 1.54) is 0 Å². The summed E-state index contributed by atoms with van der Waals surface area (Å²) in [6, 6.07) is 0. The average molecular weight is 440 g/mol. The number of carbonyl (C=O) groups excluding carboxylic acids is 4. The van der Waals surface area contributed by atoms with Gasteiger partial charge in [0.15, 0.2) is 0 Å². The molecule has 3 amide bonds. The highest BCUT2D eigenvalue weighted by atomic mass is 32.2. The summed E-state index contributed by atoms with van der Waals surface area (Å²) in [7, 11) is 0. The lowest BCUT2D eigenvalue weighted by molar-refractivity contribution is -0.197. The Kier molecular flexibility index (Phi) is 10.3. The largest absolute Gasteiger partial charge is 0.355 e. The molecular weight excluding hydrogens is 410 g/mol. The number of nitrogens with one attached hydrogen (secondary N) is 1. The van der Waals surface area contributed by atoms with Crippen LogP contribution in [-0.2, 0) is 37.0 Å². The Hall–Kier alpha value is -2.43. The van der Waals surface area contributed by atoms with Crippen molar-refractivity contribution in [1.82, 2.24) is 25.4 Å². The molecule has 11 heteroatoms. The summed E-state index contributed by atoms with van der Waals surface area (Å²) in [6.45, 7) is 1.38. The van der Waals surface area contributed by atoms with E-state index in [0.29, 0.717) is 37.4 Å². The molecule has 0 unspecified atom stereocenters. The molecule has 1 aromatic rings. The minimum atomic E-state index is -0.570. The zero-order chi connectivity index (χ0) is 21.8. The number of imide groups is 1. The molecule has 0 radical (unpaired) electrons. The standard InChI is InChI=1S/C19H29N5O5S/c1-30-13-11-20-16(25)7-5-6-15-14-23(22-21-15)12-4-2-3-8-19(28)29-24-17(26)9-10-18(24)27/h14H,2-13H2,1H3,(H,20,25). The van der Waals surface area contributed by atoms with E-state index < -0.39 is 17.8 Å². The summed E-state index contributed by atoms with van der Waals surface area (Å²) < 4.78 is 1.76.